The van der Waals surface area contributed by atoms with Crippen LogP contribution in [0, 0.1) is 0 Å². The van der Waals surface area contributed by atoms with Crippen molar-refractivity contribution in [2.45, 2.75) is 31.4 Å². The van der Waals surface area contributed by atoms with E-state index in [1.165, 1.54) is 0 Å². The predicted octanol–water partition coefficient (Wildman–Crippen LogP) is -0.340. The minimum atomic E-state index is -0.152. The number of carbonyl (C=O) groups is 1. The molecule has 0 aromatic carbocycles. The number of rotatable bonds is 4. The van der Waals surface area contributed by atoms with E-state index in [1.807, 2.05) is 6.92 Å². The van der Waals surface area contributed by atoms with Gasteiger partial charge in [0.15, 0.2) is 0 Å². The van der Waals surface area contributed by atoms with Gasteiger partial charge in [-0.3, -0.25) is 4.79 Å². The zero-order valence-electron chi connectivity index (χ0n) is 9.75. The maximum absolute atomic E-state index is 11.6. The Morgan fingerprint density at radius 1 is 1.62 bits per heavy atom. The van der Waals surface area contributed by atoms with Crippen molar-refractivity contribution in [2.24, 2.45) is 0 Å². The van der Waals surface area contributed by atoms with Gasteiger partial charge in [-0.05, 0) is 19.8 Å². The summed E-state index contributed by atoms with van der Waals surface area (Å²) in [6, 6.07) is 0.164. The lowest BCUT2D eigenvalue weighted by Crippen LogP contribution is -2.60. The van der Waals surface area contributed by atoms with Gasteiger partial charge in [0, 0.05) is 19.7 Å². The molecule has 0 aliphatic carbocycles. The van der Waals surface area contributed by atoms with Crippen molar-refractivity contribution in [1.82, 2.24) is 10.6 Å². The Hall–Kier alpha value is -0.650. The molecule has 2 heterocycles. The van der Waals surface area contributed by atoms with Gasteiger partial charge in [0.05, 0.1) is 18.2 Å². The summed E-state index contributed by atoms with van der Waals surface area (Å²) in [6.45, 7) is 5.26. The quantitative estimate of drug-likeness (QED) is 0.691. The van der Waals surface area contributed by atoms with E-state index in [2.05, 4.69) is 10.6 Å². The number of hydrogen-bond donors (Lipinski definition) is 2. The van der Waals surface area contributed by atoms with Crippen LogP contribution in [0.5, 0.6) is 0 Å². The summed E-state index contributed by atoms with van der Waals surface area (Å²) >= 11 is 0. The van der Waals surface area contributed by atoms with E-state index >= 15 is 0 Å². The van der Waals surface area contributed by atoms with Crippen LogP contribution < -0.4 is 10.6 Å². The average Bonchev–Trinajstić information content (AvgIpc) is 2.25. The Morgan fingerprint density at radius 2 is 2.44 bits per heavy atom. The summed E-state index contributed by atoms with van der Waals surface area (Å²) in [5, 5.41) is 6.06. The summed E-state index contributed by atoms with van der Waals surface area (Å²) in [6.07, 6.45) is 2.03. The van der Waals surface area contributed by atoms with Crippen LogP contribution in [0.1, 0.15) is 19.8 Å². The van der Waals surface area contributed by atoms with Crippen LogP contribution in [0.2, 0.25) is 0 Å². The van der Waals surface area contributed by atoms with Crippen molar-refractivity contribution < 1.29 is 14.3 Å². The van der Waals surface area contributed by atoms with Gasteiger partial charge in [0.25, 0.3) is 0 Å². The van der Waals surface area contributed by atoms with Gasteiger partial charge in [0.2, 0.25) is 5.91 Å². The van der Waals surface area contributed by atoms with E-state index in [0.717, 1.165) is 32.5 Å². The number of amides is 1. The first kappa shape index (κ1) is 11.8. The molecule has 2 fully saturated rings. The van der Waals surface area contributed by atoms with Gasteiger partial charge in [-0.15, -0.1) is 0 Å². The molecule has 0 spiro atoms. The van der Waals surface area contributed by atoms with E-state index < -0.39 is 0 Å². The number of hydrogen-bond acceptors (Lipinski definition) is 4. The standard InChI is InChI=1S/C11H20N2O3/c1-11(7-12-8-11)16-6-10(14)13-9-3-2-4-15-5-9/h9,12H,2-8H2,1H3,(H,13,14). The smallest absolute Gasteiger partial charge is 0.246 e. The monoisotopic (exact) mass is 228 g/mol. The Labute approximate surface area is 95.9 Å². The van der Waals surface area contributed by atoms with Gasteiger partial charge in [0.1, 0.15) is 6.61 Å². The molecule has 2 aliphatic rings. The van der Waals surface area contributed by atoms with Crippen molar-refractivity contribution in [3.63, 3.8) is 0 Å². The normalized spacial score (nSPS) is 28.2. The molecule has 1 atom stereocenters. The highest BCUT2D eigenvalue weighted by atomic mass is 16.5. The Morgan fingerprint density at radius 3 is 3.00 bits per heavy atom. The molecule has 1 amide bonds. The van der Waals surface area contributed by atoms with Crippen LogP contribution in [-0.2, 0) is 14.3 Å². The molecule has 2 rings (SSSR count). The number of carbonyl (C=O) groups excluding carboxylic acids is 1. The summed E-state index contributed by atoms with van der Waals surface area (Å²) in [5.74, 6) is -0.0383. The molecule has 2 N–H and O–H groups in total. The third-order valence-corrected chi connectivity index (χ3v) is 3.08. The van der Waals surface area contributed by atoms with Gasteiger partial charge < -0.3 is 20.1 Å². The minimum absolute atomic E-state index is 0.0383. The Balaban J connectivity index is 1.63. The SMILES string of the molecule is CC1(OCC(=O)NC2CCCOC2)CNC1. The van der Waals surface area contributed by atoms with E-state index in [1.54, 1.807) is 0 Å². The largest absolute Gasteiger partial charge is 0.379 e. The number of nitrogens with one attached hydrogen (secondary N) is 2. The maximum Gasteiger partial charge on any atom is 0.246 e. The van der Waals surface area contributed by atoms with Crippen LogP contribution in [0.25, 0.3) is 0 Å². The van der Waals surface area contributed by atoms with Crippen LogP contribution >= 0.6 is 0 Å². The topological polar surface area (TPSA) is 59.6 Å². The molecule has 1 unspecified atom stereocenters. The zero-order valence-corrected chi connectivity index (χ0v) is 9.75. The first-order valence-corrected chi connectivity index (χ1v) is 5.90. The van der Waals surface area contributed by atoms with Gasteiger partial charge in [-0.1, -0.05) is 0 Å². The average molecular weight is 228 g/mol. The highest BCUT2D eigenvalue weighted by Crippen LogP contribution is 2.14. The van der Waals surface area contributed by atoms with Gasteiger partial charge in [-0.2, -0.15) is 0 Å². The first-order valence-electron chi connectivity index (χ1n) is 5.90. The third-order valence-electron chi connectivity index (χ3n) is 3.08. The lowest BCUT2D eigenvalue weighted by molar-refractivity contribution is -0.137. The zero-order chi connectivity index (χ0) is 11.4. The molecule has 16 heavy (non-hydrogen) atoms. The van der Waals surface area contributed by atoms with Crippen LogP contribution in [0.15, 0.2) is 0 Å². The van der Waals surface area contributed by atoms with Crippen molar-refractivity contribution >= 4 is 5.91 Å². The molecule has 5 nitrogen and oxygen atoms in total. The van der Waals surface area contributed by atoms with Crippen molar-refractivity contribution in [2.75, 3.05) is 32.9 Å². The molecular formula is C11H20N2O3. The fourth-order valence-electron chi connectivity index (χ4n) is 1.94. The van der Waals surface area contributed by atoms with Gasteiger partial charge in [-0.25, -0.2) is 0 Å². The maximum atomic E-state index is 11.6. The second kappa shape index (κ2) is 5.12. The second-order valence-electron chi connectivity index (χ2n) is 4.82. The summed E-state index contributed by atoms with van der Waals surface area (Å²) < 4.78 is 10.8. The van der Waals surface area contributed by atoms with Crippen molar-refractivity contribution in [3.8, 4) is 0 Å². The second-order valence-corrected chi connectivity index (χ2v) is 4.82. The molecule has 5 heteroatoms. The molecule has 0 radical (unpaired) electrons. The van der Waals surface area contributed by atoms with Crippen LogP contribution in [0.3, 0.4) is 0 Å². The number of ether oxygens (including phenoxy) is 2. The Bertz CT molecular complexity index is 248. The van der Waals surface area contributed by atoms with E-state index in [9.17, 15) is 4.79 Å². The predicted molar refractivity (Wildman–Crippen MR) is 59.2 cm³/mol. The molecule has 0 bridgehead atoms. The highest BCUT2D eigenvalue weighted by Gasteiger charge is 2.33. The Kier molecular flexibility index (Phi) is 3.78. The minimum Gasteiger partial charge on any atom is -0.379 e. The van der Waals surface area contributed by atoms with E-state index in [0.29, 0.717) is 6.61 Å². The van der Waals surface area contributed by atoms with E-state index in [4.69, 9.17) is 9.47 Å². The molecule has 92 valence electrons. The van der Waals surface area contributed by atoms with Crippen LogP contribution in [-0.4, -0.2) is 50.5 Å². The first-order chi connectivity index (χ1) is 7.68. The van der Waals surface area contributed by atoms with Crippen molar-refractivity contribution in [1.29, 1.82) is 0 Å². The van der Waals surface area contributed by atoms with Gasteiger partial charge >= 0.3 is 0 Å². The lowest BCUT2D eigenvalue weighted by Gasteiger charge is -2.38. The fraction of sp³-hybridized carbons (Fsp3) is 0.909. The van der Waals surface area contributed by atoms with Crippen molar-refractivity contribution in [3.05, 3.63) is 0 Å². The molecule has 0 aromatic rings. The summed E-state index contributed by atoms with van der Waals surface area (Å²) in [7, 11) is 0. The molecule has 0 saturated carbocycles. The van der Waals surface area contributed by atoms with Crippen LogP contribution in [0.4, 0.5) is 0 Å². The summed E-state index contributed by atoms with van der Waals surface area (Å²) in [5.41, 5.74) is -0.152. The summed E-state index contributed by atoms with van der Waals surface area (Å²) in [4.78, 5) is 11.6. The molecule has 2 saturated heterocycles. The molecule has 2 aliphatic heterocycles. The fourth-order valence-corrected chi connectivity index (χ4v) is 1.94. The third kappa shape index (κ3) is 3.17. The molecule has 0 aromatic heterocycles. The lowest BCUT2D eigenvalue weighted by atomic mass is 10.0. The highest BCUT2D eigenvalue weighted by molar-refractivity contribution is 5.77. The molecular weight excluding hydrogens is 208 g/mol. The van der Waals surface area contributed by atoms with E-state index in [-0.39, 0.29) is 24.2 Å².